The lowest BCUT2D eigenvalue weighted by Crippen LogP contribution is -2.42. The number of hydrogen-bond donors (Lipinski definition) is 3. The summed E-state index contributed by atoms with van der Waals surface area (Å²) in [7, 11) is -5.29. The first-order valence-electron chi connectivity index (χ1n) is 3.88. The normalized spacial score (nSPS) is 18.3. The van der Waals surface area contributed by atoms with Crippen LogP contribution in [0.3, 0.4) is 0 Å². The number of carbonyl (C=O) groups is 1. The highest BCUT2D eigenvalue weighted by Gasteiger charge is 2.27. The van der Waals surface area contributed by atoms with Crippen LogP contribution in [-0.2, 0) is 13.9 Å². The van der Waals surface area contributed by atoms with Gasteiger partial charge in [-0.3, -0.25) is 4.79 Å². The van der Waals surface area contributed by atoms with Crippen molar-refractivity contribution in [2.75, 3.05) is 6.61 Å². The van der Waals surface area contributed by atoms with Gasteiger partial charge in [-0.15, -0.1) is 0 Å². The molecule has 3 N–H and O–H groups in total. The van der Waals surface area contributed by atoms with Gasteiger partial charge in [-0.25, -0.2) is 0 Å². The minimum atomic E-state index is -5.29. The molecule has 3 atom stereocenters. The molecule has 0 amide bonds. The Kier molecular flexibility index (Phi) is 5.54. The zero-order valence-electron chi connectivity index (χ0n) is 7.77. The van der Waals surface area contributed by atoms with Crippen molar-refractivity contribution in [2.24, 2.45) is 0 Å². The van der Waals surface area contributed by atoms with Gasteiger partial charge in [-0.2, -0.15) is 0 Å². The summed E-state index contributed by atoms with van der Waals surface area (Å²) in [6, 6.07) is 0. The molecule has 0 spiro atoms. The Balaban J connectivity index is 4.17. The number of phosphoric ester groups is 1. The molecule has 0 aromatic rings. The Morgan fingerprint density at radius 2 is 1.87 bits per heavy atom. The first-order chi connectivity index (χ1) is 6.65. The molecule has 0 unspecified atom stereocenters. The molecular weight excluding hydrogens is 231 g/mol. The molecule has 8 nitrogen and oxygen atoms in total. The third-order valence-electron chi connectivity index (χ3n) is 1.51. The molecule has 0 rings (SSSR count). The molecule has 9 heteroatoms. The zero-order valence-corrected chi connectivity index (χ0v) is 8.66. The van der Waals surface area contributed by atoms with E-state index in [-0.39, 0.29) is 0 Å². The fourth-order valence-corrected chi connectivity index (χ4v) is 0.968. The van der Waals surface area contributed by atoms with Gasteiger partial charge in [0.1, 0.15) is 18.8 Å². The van der Waals surface area contributed by atoms with Gasteiger partial charge in [0, 0.05) is 0 Å². The van der Waals surface area contributed by atoms with Gasteiger partial charge in [0.2, 0.25) is 0 Å². The van der Waals surface area contributed by atoms with Crippen LogP contribution >= 0.6 is 7.82 Å². The third kappa shape index (κ3) is 5.95. The van der Waals surface area contributed by atoms with Gasteiger partial charge in [-0.05, 0) is 6.92 Å². The second kappa shape index (κ2) is 5.66. The molecule has 0 saturated carbocycles. The van der Waals surface area contributed by atoms with Gasteiger partial charge in [0.25, 0.3) is 0 Å². The highest BCUT2D eigenvalue weighted by atomic mass is 31.2. The summed E-state index contributed by atoms with van der Waals surface area (Å²) in [5.41, 5.74) is 0. The summed E-state index contributed by atoms with van der Waals surface area (Å²) in [5, 5.41) is 26.8. The minimum absolute atomic E-state index is 1.12. The van der Waals surface area contributed by atoms with Crippen LogP contribution in [0.4, 0.5) is 0 Å². The monoisotopic (exact) mass is 242 g/mol. The van der Waals surface area contributed by atoms with Gasteiger partial charge in [0.15, 0.2) is 5.78 Å². The molecule has 0 heterocycles. The average molecular weight is 242 g/mol. The molecule has 0 aliphatic heterocycles. The fraction of sp³-hybridized carbons (Fsp3) is 0.833. The summed E-state index contributed by atoms with van der Waals surface area (Å²) >= 11 is 0. The van der Waals surface area contributed by atoms with Crippen LogP contribution in [0.25, 0.3) is 0 Å². The number of ketones is 1. The Bertz CT molecular complexity index is 258. The molecule has 0 radical (unpaired) electrons. The standard InChI is InChI=1S/C6H13O8P/c1-3(7)5(9)6(10)4(8)2-14-15(11,12)13/h3,5-7,9-10H,2H2,1H3,(H2,11,12,13)/p-2/t3-,5-,6+/m1/s1. The first kappa shape index (κ1) is 14.7. The molecule has 0 saturated heterocycles. The van der Waals surface area contributed by atoms with Gasteiger partial charge in [0.05, 0.1) is 13.9 Å². The number of rotatable bonds is 6. The summed E-state index contributed by atoms with van der Waals surface area (Å²) < 4.78 is 13.6. The predicted octanol–water partition coefficient (Wildman–Crippen LogP) is -3.50. The van der Waals surface area contributed by atoms with Crippen LogP contribution in [-0.4, -0.2) is 46.0 Å². The maximum atomic E-state index is 10.9. The molecular formula is C6H11O8P-2. The van der Waals surface area contributed by atoms with E-state index in [2.05, 4.69) is 4.52 Å². The maximum absolute atomic E-state index is 10.9. The molecule has 90 valence electrons. The Labute approximate surface area is 85.4 Å². The Hall–Kier alpha value is -0.340. The average Bonchev–Trinajstić information content (AvgIpc) is 2.10. The van der Waals surface area contributed by atoms with Crippen molar-refractivity contribution in [3.8, 4) is 0 Å². The van der Waals surface area contributed by atoms with E-state index < -0.39 is 38.5 Å². The fourth-order valence-electron chi connectivity index (χ4n) is 0.682. The van der Waals surface area contributed by atoms with Crippen LogP contribution in [0.15, 0.2) is 0 Å². The lowest BCUT2D eigenvalue weighted by atomic mass is 10.1. The van der Waals surface area contributed by atoms with Crippen LogP contribution in [0, 0.1) is 0 Å². The van der Waals surface area contributed by atoms with E-state index in [0.29, 0.717) is 0 Å². The molecule has 0 aromatic carbocycles. The van der Waals surface area contributed by atoms with E-state index in [1.165, 1.54) is 0 Å². The summed E-state index contributed by atoms with van der Waals surface area (Å²) in [5.74, 6) is -1.21. The molecule has 0 bridgehead atoms. The van der Waals surface area contributed by atoms with Gasteiger partial charge >= 0.3 is 0 Å². The maximum Gasteiger partial charge on any atom is 0.189 e. The highest BCUT2D eigenvalue weighted by molar-refractivity contribution is 7.43. The van der Waals surface area contributed by atoms with E-state index in [9.17, 15) is 19.1 Å². The largest absolute Gasteiger partial charge is 0.790 e. The summed E-state index contributed by atoms with van der Waals surface area (Å²) in [6.45, 7) is -0.0522. The van der Waals surface area contributed by atoms with Crippen molar-refractivity contribution >= 4 is 13.6 Å². The Morgan fingerprint density at radius 1 is 1.40 bits per heavy atom. The lowest BCUT2D eigenvalue weighted by molar-refractivity contribution is -0.341. The quantitative estimate of drug-likeness (QED) is 0.406. The van der Waals surface area contributed by atoms with Crippen molar-refractivity contribution in [3.63, 3.8) is 0 Å². The van der Waals surface area contributed by atoms with Crippen molar-refractivity contribution in [2.45, 2.75) is 25.2 Å². The zero-order chi connectivity index (χ0) is 12.2. The number of Topliss-reactive ketones (excluding diaryl/α,β-unsaturated/α-hetero) is 1. The SMILES string of the molecule is C[C@@H](O)[C@@H](O)[C@@H](O)C(=O)COP(=O)([O-])[O-]. The lowest BCUT2D eigenvalue weighted by Gasteiger charge is -2.29. The number of hydrogen-bond acceptors (Lipinski definition) is 8. The van der Waals surface area contributed by atoms with E-state index in [1.807, 2.05) is 0 Å². The third-order valence-corrected chi connectivity index (χ3v) is 1.96. The van der Waals surface area contributed by atoms with E-state index in [0.717, 1.165) is 6.92 Å². The molecule has 0 fully saturated rings. The highest BCUT2D eigenvalue weighted by Crippen LogP contribution is 2.24. The summed E-state index contributed by atoms with van der Waals surface area (Å²) in [4.78, 5) is 30.8. The van der Waals surface area contributed by atoms with Crippen LogP contribution in [0.5, 0.6) is 0 Å². The number of aliphatic hydroxyl groups is 3. The number of aliphatic hydroxyl groups excluding tert-OH is 3. The molecule has 0 aromatic heterocycles. The van der Waals surface area contributed by atoms with Crippen molar-refractivity contribution in [1.29, 1.82) is 0 Å². The number of phosphoric acid groups is 1. The van der Waals surface area contributed by atoms with Crippen molar-refractivity contribution < 1.29 is 39.0 Å². The van der Waals surface area contributed by atoms with E-state index in [4.69, 9.17) is 15.3 Å². The van der Waals surface area contributed by atoms with Crippen LogP contribution in [0.2, 0.25) is 0 Å². The van der Waals surface area contributed by atoms with Crippen molar-refractivity contribution in [1.82, 2.24) is 0 Å². The smallest absolute Gasteiger partial charge is 0.189 e. The van der Waals surface area contributed by atoms with Gasteiger partial charge in [-0.1, -0.05) is 0 Å². The van der Waals surface area contributed by atoms with Crippen molar-refractivity contribution in [3.05, 3.63) is 0 Å². The summed E-state index contributed by atoms with van der Waals surface area (Å²) in [6.07, 6.45) is -5.15. The van der Waals surface area contributed by atoms with Gasteiger partial charge < -0.3 is 34.2 Å². The van der Waals surface area contributed by atoms with E-state index in [1.54, 1.807) is 0 Å². The second-order valence-corrected chi connectivity index (χ2v) is 4.02. The molecule has 0 aliphatic rings. The molecule has 15 heavy (non-hydrogen) atoms. The minimum Gasteiger partial charge on any atom is -0.790 e. The van der Waals surface area contributed by atoms with Crippen LogP contribution in [0.1, 0.15) is 6.92 Å². The number of carbonyl (C=O) groups excluding carboxylic acids is 1. The topological polar surface area (TPSA) is 150 Å². The van der Waals surface area contributed by atoms with E-state index >= 15 is 0 Å². The Morgan fingerprint density at radius 3 is 2.20 bits per heavy atom. The second-order valence-electron chi connectivity index (χ2n) is 2.86. The predicted molar refractivity (Wildman–Crippen MR) is 42.3 cm³/mol. The first-order valence-corrected chi connectivity index (χ1v) is 5.34. The van der Waals surface area contributed by atoms with Crippen LogP contribution < -0.4 is 9.79 Å². The molecule has 0 aliphatic carbocycles.